The molecule has 0 bridgehead atoms. The van der Waals surface area contributed by atoms with E-state index in [1.54, 1.807) is 36.6 Å². The van der Waals surface area contributed by atoms with Crippen molar-refractivity contribution in [1.29, 1.82) is 0 Å². The summed E-state index contributed by atoms with van der Waals surface area (Å²) >= 11 is 7.36. The Morgan fingerprint density at radius 3 is 2.75 bits per heavy atom. The summed E-state index contributed by atoms with van der Waals surface area (Å²) in [6, 6.07) is 10.6. The lowest BCUT2D eigenvalue weighted by Gasteiger charge is -2.13. The van der Waals surface area contributed by atoms with Crippen molar-refractivity contribution in [3.63, 3.8) is 0 Å². The highest BCUT2D eigenvalue weighted by Gasteiger charge is 2.11. The number of hydrazone groups is 1. The van der Waals surface area contributed by atoms with Gasteiger partial charge in [-0.05, 0) is 42.6 Å². The first-order chi connectivity index (χ1) is 9.65. The Kier molecular flexibility index (Phi) is 5.15. The largest absolute Gasteiger partial charge is 0.374 e. The number of benzene rings is 1. The maximum atomic E-state index is 11.8. The van der Waals surface area contributed by atoms with Gasteiger partial charge in [-0.3, -0.25) is 4.79 Å². The van der Waals surface area contributed by atoms with Crippen molar-refractivity contribution in [2.75, 3.05) is 5.32 Å². The molecule has 1 heterocycles. The first-order valence-electron chi connectivity index (χ1n) is 6.03. The van der Waals surface area contributed by atoms with E-state index in [-0.39, 0.29) is 5.91 Å². The maximum absolute atomic E-state index is 11.8. The zero-order valence-electron chi connectivity index (χ0n) is 10.8. The second-order valence-corrected chi connectivity index (χ2v) is 5.54. The third-order valence-corrected chi connectivity index (χ3v) is 3.59. The normalized spacial score (nSPS) is 12.3. The summed E-state index contributed by atoms with van der Waals surface area (Å²) in [4.78, 5) is 12.8. The number of nitrogens with zero attached hydrogens (tertiary/aromatic N) is 1. The maximum Gasteiger partial charge on any atom is 0.262 e. The first kappa shape index (κ1) is 14.6. The number of carbonyl (C=O) groups excluding carboxylic acids is 1. The number of halogens is 1. The van der Waals surface area contributed by atoms with Crippen molar-refractivity contribution in [2.24, 2.45) is 5.10 Å². The van der Waals surface area contributed by atoms with Gasteiger partial charge in [-0.25, -0.2) is 5.43 Å². The van der Waals surface area contributed by atoms with E-state index in [4.69, 9.17) is 11.6 Å². The van der Waals surface area contributed by atoms with Gasteiger partial charge in [0.2, 0.25) is 0 Å². The van der Waals surface area contributed by atoms with E-state index < -0.39 is 6.04 Å². The molecule has 1 aromatic carbocycles. The highest BCUT2D eigenvalue weighted by molar-refractivity contribution is 7.11. The van der Waals surface area contributed by atoms with Crippen molar-refractivity contribution in [2.45, 2.75) is 13.0 Å². The number of rotatable bonds is 5. The van der Waals surface area contributed by atoms with Gasteiger partial charge in [-0.2, -0.15) is 5.10 Å². The number of anilines is 1. The molecule has 1 amide bonds. The quantitative estimate of drug-likeness (QED) is 0.657. The topological polar surface area (TPSA) is 53.5 Å². The Bertz CT molecular complexity index is 581. The molecule has 1 atom stereocenters. The van der Waals surface area contributed by atoms with Gasteiger partial charge in [0.25, 0.3) is 5.91 Å². The molecule has 1 unspecified atom stereocenters. The first-order valence-corrected chi connectivity index (χ1v) is 7.29. The van der Waals surface area contributed by atoms with Crippen LogP contribution in [0.3, 0.4) is 0 Å². The van der Waals surface area contributed by atoms with Crippen LogP contribution in [0.5, 0.6) is 0 Å². The van der Waals surface area contributed by atoms with Crippen LogP contribution in [0.1, 0.15) is 11.8 Å². The second-order valence-electron chi connectivity index (χ2n) is 4.12. The fourth-order valence-corrected chi connectivity index (χ4v) is 2.19. The average Bonchev–Trinajstić information content (AvgIpc) is 2.94. The van der Waals surface area contributed by atoms with Gasteiger partial charge in [-0.1, -0.05) is 17.7 Å². The van der Waals surface area contributed by atoms with Crippen LogP contribution in [0, 0.1) is 0 Å². The van der Waals surface area contributed by atoms with Crippen LogP contribution in [0.25, 0.3) is 0 Å². The van der Waals surface area contributed by atoms with Gasteiger partial charge in [0.05, 0.1) is 6.21 Å². The number of hydrogen-bond acceptors (Lipinski definition) is 4. The van der Waals surface area contributed by atoms with Crippen LogP contribution in [-0.4, -0.2) is 18.2 Å². The second kappa shape index (κ2) is 7.07. The Labute approximate surface area is 126 Å². The van der Waals surface area contributed by atoms with Crippen LogP contribution in [0.2, 0.25) is 5.02 Å². The third-order valence-electron chi connectivity index (χ3n) is 2.53. The van der Waals surface area contributed by atoms with Crippen LogP contribution in [-0.2, 0) is 4.79 Å². The summed E-state index contributed by atoms with van der Waals surface area (Å²) in [7, 11) is 0. The van der Waals surface area contributed by atoms with Crippen LogP contribution >= 0.6 is 22.9 Å². The smallest absolute Gasteiger partial charge is 0.262 e. The average molecular weight is 308 g/mol. The molecule has 4 nitrogen and oxygen atoms in total. The van der Waals surface area contributed by atoms with E-state index in [0.29, 0.717) is 5.02 Å². The highest BCUT2D eigenvalue weighted by atomic mass is 35.5. The van der Waals surface area contributed by atoms with Crippen molar-refractivity contribution in [3.05, 3.63) is 51.7 Å². The molecule has 104 valence electrons. The summed E-state index contributed by atoms with van der Waals surface area (Å²) < 4.78 is 0. The number of carbonyl (C=O) groups is 1. The van der Waals surface area contributed by atoms with Gasteiger partial charge in [0, 0.05) is 15.6 Å². The van der Waals surface area contributed by atoms with Gasteiger partial charge < -0.3 is 5.32 Å². The molecule has 6 heteroatoms. The summed E-state index contributed by atoms with van der Waals surface area (Å²) in [6.07, 6.45) is 1.62. The zero-order valence-corrected chi connectivity index (χ0v) is 12.4. The third kappa shape index (κ3) is 4.36. The molecule has 0 aliphatic carbocycles. The molecule has 0 saturated carbocycles. The van der Waals surface area contributed by atoms with E-state index in [1.807, 2.05) is 29.6 Å². The van der Waals surface area contributed by atoms with Gasteiger partial charge in [0.1, 0.15) is 6.04 Å². The SMILES string of the molecule is CC(Nc1ccc(Cl)cc1)C(=O)NN=Cc1cccs1. The Morgan fingerprint density at radius 2 is 2.10 bits per heavy atom. The molecule has 20 heavy (non-hydrogen) atoms. The molecule has 0 fully saturated rings. The van der Waals surface area contributed by atoms with Crippen LogP contribution < -0.4 is 10.7 Å². The predicted molar refractivity (Wildman–Crippen MR) is 84.6 cm³/mol. The predicted octanol–water partition coefficient (Wildman–Crippen LogP) is 3.35. The van der Waals surface area contributed by atoms with E-state index in [9.17, 15) is 4.79 Å². The molecule has 0 spiro atoms. The molecule has 2 rings (SSSR count). The summed E-state index contributed by atoms with van der Waals surface area (Å²) in [6.45, 7) is 1.77. The van der Waals surface area contributed by atoms with Crippen LogP contribution in [0.15, 0.2) is 46.9 Å². The molecule has 2 N–H and O–H groups in total. The molecular weight excluding hydrogens is 294 g/mol. The number of hydrogen-bond donors (Lipinski definition) is 2. The molecular formula is C14H14ClN3OS. The fourth-order valence-electron chi connectivity index (χ4n) is 1.48. The highest BCUT2D eigenvalue weighted by Crippen LogP contribution is 2.14. The summed E-state index contributed by atoms with van der Waals surface area (Å²) in [5.74, 6) is -0.201. The standard InChI is InChI=1S/C14H14ClN3OS/c1-10(17-12-6-4-11(15)5-7-12)14(19)18-16-9-13-3-2-8-20-13/h2-10,17H,1H3,(H,18,19). The zero-order chi connectivity index (χ0) is 14.4. The molecule has 0 aliphatic rings. The number of nitrogens with one attached hydrogen (secondary N) is 2. The monoisotopic (exact) mass is 307 g/mol. The lowest BCUT2D eigenvalue weighted by atomic mass is 10.2. The lowest BCUT2D eigenvalue weighted by molar-refractivity contribution is -0.121. The van der Waals surface area contributed by atoms with E-state index in [2.05, 4.69) is 15.8 Å². The van der Waals surface area contributed by atoms with E-state index in [0.717, 1.165) is 10.6 Å². The summed E-state index contributed by atoms with van der Waals surface area (Å²) in [5.41, 5.74) is 3.33. The summed E-state index contributed by atoms with van der Waals surface area (Å²) in [5, 5.41) is 9.60. The number of thiophene rings is 1. The van der Waals surface area contributed by atoms with Crippen molar-refractivity contribution < 1.29 is 4.79 Å². The molecule has 2 aromatic rings. The minimum atomic E-state index is -0.392. The Hall–Kier alpha value is -1.85. The van der Waals surface area contributed by atoms with E-state index >= 15 is 0 Å². The van der Waals surface area contributed by atoms with Crippen molar-refractivity contribution >= 4 is 40.7 Å². The fraction of sp³-hybridized carbons (Fsp3) is 0.143. The molecule has 0 saturated heterocycles. The molecule has 1 aromatic heterocycles. The van der Waals surface area contributed by atoms with Crippen molar-refractivity contribution in [3.8, 4) is 0 Å². The van der Waals surface area contributed by atoms with E-state index in [1.165, 1.54) is 0 Å². The van der Waals surface area contributed by atoms with Gasteiger partial charge in [-0.15, -0.1) is 11.3 Å². The lowest BCUT2D eigenvalue weighted by Crippen LogP contribution is -2.34. The Morgan fingerprint density at radius 1 is 1.35 bits per heavy atom. The Balaban J connectivity index is 1.84. The molecule has 0 radical (unpaired) electrons. The van der Waals surface area contributed by atoms with Crippen molar-refractivity contribution in [1.82, 2.24) is 5.43 Å². The van der Waals surface area contributed by atoms with Gasteiger partial charge >= 0.3 is 0 Å². The molecule has 0 aliphatic heterocycles. The minimum Gasteiger partial charge on any atom is -0.374 e. The minimum absolute atomic E-state index is 0.201. The van der Waals surface area contributed by atoms with Gasteiger partial charge in [0.15, 0.2) is 0 Å². The van der Waals surface area contributed by atoms with Crippen LogP contribution in [0.4, 0.5) is 5.69 Å². The number of amides is 1.